The van der Waals surface area contributed by atoms with Crippen molar-refractivity contribution in [2.24, 2.45) is 5.92 Å². The van der Waals surface area contributed by atoms with Crippen molar-refractivity contribution in [2.45, 2.75) is 60.0 Å². The summed E-state index contributed by atoms with van der Waals surface area (Å²) in [5, 5.41) is 3.47. The van der Waals surface area contributed by atoms with E-state index in [0.717, 1.165) is 24.8 Å². The molecule has 0 heterocycles. The van der Waals surface area contributed by atoms with Crippen LogP contribution in [0.1, 0.15) is 58.1 Å². The zero-order valence-corrected chi connectivity index (χ0v) is 14.0. The van der Waals surface area contributed by atoms with Gasteiger partial charge in [0.05, 0.1) is 0 Å². The maximum absolute atomic E-state index is 6.08. The molecule has 0 aliphatic rings. The molecular formula is C18H31NO. The number of hydrogen-bond donors (Lipinski definition) is 1. The lowest BCUT2D eigenvalue weighted by molar-refractivity contribution is 0.215. The third-order valence-electron chi connectivity index (χ3n) is 3.54. The molecule has 0 aliphatic carbocycles. The van der Waals surface area contributed by atoms with Crippen LogP contribution in [0.4, 0.5) is 0 Å². The average molecular weight is 277 g/mol. The fourth-order valence-corrected chi connectivity index (χ4v) is 2.06. The lowest BCUT2D eigenvalue weighted by atomic mass is 10.0. The van der Waals surface area contributed by atoms with E-state index in [1.807, 2.05) is 0 Å². The zero-order valence-electron chi connectivity index (χ0n) is 14.0. The van der Waals surface area contributed by atoms with Crippen LogP contribution in [-0.4, -0.2) is 19.2 Å². The van der Waals surface area contributed by atoms with Gasteiger partial charge in [0.25, 0.3) is 0 Å². The van der Waals surface area contributed by atoms with Gasteiger partial charge in [0, 0.05) is 6.54 Å². The first-order valence-corrected chi connectivity index (χ1v) is 7.88. The van der Waals surface area contributed by atoms with Gasteiger partial charge in [-0.25, -0.2) is 0 Å². The number of hydrogen-bond acceptors (Lipinski definition) is 2. The van der Waals surface area contributed by atoms with Crippen LogP contribution in [0.25, 0.3) is 0 Å². The number of aryl methyl sites for hydroxylation is 1. The normalized spacial score (nSPS) is 13.0. The maximum Gasteiger partial charge on any atom is 0.122 e. The standard InChI is InChI=1S/C18H31NO/c1-13(2)9-10-19-12-16(6)20-18-11-17(14(3)4)8-7-15(18)5/h7-8,11,13-14,16,19H,9-10,12H2,1-6H3. The fraction of sp³-hybridized carbons (Fsp3) is 0.667. The van der Waals surface area contributed by atoms with Gasteiger partial charge < -0.3 is 10.1 Å². The molecule has 2 heteroatoms. The third-order valence-corrected chi connectivity index (χ3v) is 3.54. The molecule has 1 rings (SSSR count). The third kappa shape index (κ3) is 5.96. The molecule has 2 nitrogen and oxygen atoms in total. The lowest BCUT2D eigenvalue weighted by Crippen LogP contribution is -2.30. The Balaban J connectivity index is 2.48. The molecule has 0 spiro atoms. The lowest BCUT2D eigenvalue weighted by Gasteiger charge is -2.19. The summed E-state index contributed by atoms with van der Waals surface area (Å²) in [7, 11) is 0. The SMILES string of the molecule is Cc1ccc(C(C)C)cc1OC(C)CNCCC(C)C. The number of nitrogens with one attached hydrogen (secondary N) is 1. The van der Waals surface area contributed by atoms with E-state index < -0.39 is 0 Å². The molecule has 1 unspecified atom stereocenters. The second kappa shape index (κ2) is 8.31. The van der Waals surface area contributed by atoms with Gasteiger partial charge in [0.1, 0.15) is 11.9 Å². The number of benzene rings is 1. The Kier molecular flexibility index (Phi) is 7.08. The Bertz CT molecular complexity index is 398. The molecule has 114 valence electrons. The van der Waals surface area contributed by atoms with E-state index in [4.69, 9.17) is 4.74 Å². The molecule has 1 N–H and O–H groups in total. The van der Waals surface area contributed by atoms with Gasteiger partial charge in [-0.1, -0.05) is 39.8 Å². The highest BCUT2D eigenvalue weighted by Gasteiger charge is 2.08. The minimum Gasteiger partial charge on any atom is -0.489 e. The van der Waals surface area contributed by atoms with Crippen molar-refractivity contribution in [3.8, 4) is 5.75 Å². The molecular weight excluding hydrogens is 246 g/mol. The highest BCUT2D eigenvalue weighted by molar-refractivity contribution is 5.37. The largest absolute Gasteiger partial charge is 0.489 e. The molecule has 0 aliphatic heterocycles. The van der Waals surface area contributed by atoms with Crippen molar-refractivity contribution < 1.29 is 4.74 Å². The average Bonchev–Trinajstić information content (AvgIpc) is 2.37. The maximum atomic E-state index is 6.08. The van der Waals surface area contributed by atoms with Crippen LogP contribution in [0.2, 0.25) is 0 Å². The van der Waals surface area contributed by atoms with Gasteiger partial charge in [-0.3, -0.25) is 0 Å². The molecule has 0 saturated heterocycles. The molecule has 20 heavy (non-hydrogen) atoms. The summed E-state index contributed by atoms with van der Waals surface area (Å²) in [5.74, 6) is 2.32. The second-order valence-corrected chi connectivity index (χ2v) is 6.49. The minimum atomic E-state index is 0.197. The zero-order chi connectivity index (χ0) is 15.1. The van der Waals surface area contributed by atoms with Crippen LogP contribution in [0.5, 0.6) is 5.75 Å². The summed E-state index contributed by atoms with van der Waals surface area (Å²) < 4.78 is 6.08. The molecule has 0 bridgehead atoms. The highest BCUT2D eigenvalue weighted by atomic mass is 16.5. The van der Waals surface area contributed by atoms with Crippen LogP contribution >= 0.6 is 0 Å². The van der Waals surface area contributed by atoms with Crippen LogP contribution in [0.3, 0.4) is 0 Å². The minimum absolute atomic E-state index is 0.197. The topological polar surface area (TPSA) is 21.3 Å². The van der Waals surface area contributed by atoms with E-state index >= 15 is 0 Å². The summed E-state index contributed by atoms with van der Waals surface area (Å²) in [4.78, 5) is 0. The summed E-state index contributed by atoms with van der Waals surface area (Å²) >= 11 is 0. The predicted octanol–water partition coefficient (Wildman–Crippen LogP) is 4.52. The highest BCUT2D eigenvalue weighted by Crippen LogP contribution is 2.25. The van der Waals surface area contributed by atoms with Crippen molar-refractivity contribution in [1.82, 2.24) is 5.32 Å². The summed E-state index contributed by atoms with van der Waals surface area (Å²) in [5.41, 5.74) is 2.55. The van der Waals surface area contributed by atoms with Crippen LogP contribution in [0.15, 0.2) is 18.2 Å². The van der Waals surface area contributed by atoms with E-state index in [-0.39, 0.29) is 6.10 Å². The van der Waals surface area contributed by atoms with E-state index in [1.54, 1.807) is 0 Å². The summed E-state index contributed by atoms with van der Waals surface area (Å²) in [6.45, 7) is 15.1. The monoisotopic (exact) mass is 277 g/mol. The van der Waals surface area contributed by atoms with Gasteiger partial charge >= 0.3 is 0 Å². The Hall–Kier alpha value is -1.02. The summed E-state index contributed by atoms with van der Waals surface area (Å²) in [6.07, 6.45) is 1.41. The van der Waals surface area contributed by atoms with E-state index in [2.05, 4.69) is 65.1 Å². The first-order valence-electron chi connectivity index (χ1n) is 7.88. The van der Waals surface area contributed by atoms with Crippen molar-refractivity contribution >= 4 is 0 Å². The van der Waals surface area contributed by atoms with Crippen LogP contribution < -0.4 is 10.1 Å². The van der Waals surface area contributed by atoms with E-state index in [0.29, 0.717) is 5.92 Å². The van der Waals surface area contributed by atoms with Crippen molar-refractivity contribution in [3.05, 3.63) is 29.3 Å². The Morgan fingerprint density at radius 3 is 2.40 bits per heavy atom. The van der Waals surface area contributed by atoms with Crippen molar-refractivity contribution in [3.63, 3.8) is 0 Å². The Labute approximate surface area is 124 Å². The van der Waals surface area contributed by atoms with Gasteiger partial charge in [-0.05, 0) is 55.8 Å². The molecule has 1 aromatic carbocycles. The molecule has 0 saturated carbocycles. The Morgan fingerprint density at radius 1 is 1.10 bits per heavy atom. The number of ether oxygens (including phenoxy) is 1. The molecule has 0 fully saturated rings. The first-order chi connectivity index (χ1) is 9.40. The van der Waals surface area contributed by atoms with E-state index in [9.17, 15) is 0 Å². The molecule has 1 atom stereocenters. The van der Waals surface area contributed by atoms with Crippen molar-refractivity contribution in [1.29, 1.82) is 0 Å². The van der Waals surface area contributed by atoms with Crippen molar-refractivity contribution in [2.75, 3.05) is 13.1 Å². The molecule has 1 aromatic rings. The van der Waals surface area contributed by atoms with Gasteiger partial charge in [0.15, 0.2) is 0 Å². The van der Waals surface area contributed by atoms with E-state index in [1.165, 1.54) is 17.5 Å². The predicted molar refractivity (Wildman–Crippen MR) is 87.7 cm³/mol. The van der Waals surface area contributed by atoms with Crippen LogP contribution in [0, 0.1) is 12.8 Å². The fourth-order valence-electron chi connectivity index (χ4n) is 2.06. The van der Waals surface area contributed by atoms with Crippen LogP contribution in [-0.2, 0) is 0 Å². The molecule has 0 radical (unpaired) electrons. The van der Waals surface area contributed by atoms with Gasteiger partial charge in [-0.15, -0.1) is 0 Å². The molecule has 0 amide bonds. The number of rotatable bonds is 8. The smallest absolute Gasteiger partial charge is 0.122 e. The Morgan fingerprint density at radius 2 is 1.80 bits per heavy atom. The van der Waals surface area contributed by atoms with Gasteiger partial charge in [0.2, 0.25) is 0 Å². The molecule has 0 aromatic heterocycles. The second-order valence-electron chi connectivity index (χ2n) is 6.49. The summed E-state index contributed by atoms with van der Waals surface area (Å²) in [6, 6.07) is 6.53. The van der Waals surface area contributed by atoms with Gasteiger partial charge in [-0.2, -0.15) is 0 Å². The first kappa shape index (κ1) is 17.0. The quantitative estimate of drug-likeness (QED) is 0.705.